The molecule has 1 saturated heterocycles. The van der Waals surface area contributed by atoms with E-state index in [1.165, 1.54) is 38.5 Å². The van der Waals surface area contributed by atoms with E-state index in [0.717, 1.165) is 40.6 Å². The second kappa shape index (κ2) is 8.42. The molecule has 1 aliphatic rings. The third-order valence-corrected chi connectivity index (χ3v) is 5.56. The largest absolute Gasteiger partial charge is 0.491 e. The number of nitrogens with two attached hydrogens (primary N) is 1. The Morgan fingerprint density at radius 3 is 2.79 bits per heavy atom. The van der Waals surface area contributed by atoms with Gasteiger partial charge in [-0.1, -0.05) is 37.5 Å². The molecule has 1 aromatic carbocycles. The molecule has 5 nitrogen and oxygen atoms in total. The quantitative estimate of drug-likeness (QED) is 0.578. The number of aromatic nitrogens is 1. The molecule has 3 rings (SSSR count). The van der Waals surface area contributed by atoms with Crippen molar-refractivity contribution in [2.45, 2.75) is 51.9 Å². The lowest BCUT2D eigenvalue weighted by Gasteiger charge is -2.25. The predicted molar refractivity (Wildman–Crippen MR) is 99.3 cm³/mol. The Kier molecular flexibility index (Phi) is 6.01. The number of unbranched alkanes of at least 4 members (excludes halogenated alkanes) is 3. The van der Waals surface area contributed by atoms with Crippen LogP contribution in [0.5, 0.6) is 5.75 Å². The molecule has 130 valence electrons. The normalized spacial score (nSPS) is 15.0. The molecule has 6 heteroatoms. The number of thiazole rings is 1. The molecule has 24 heavy (non-hydrogen) atoms. The number of piperidine rings is 1. The van der Waals surface area contributed by atoms with Crippen molar-refractivity contribution in [3.63, 3.8) is 0 Å². The molecule has 0 aliphatic carbocycles. The highest BCUT2D eigenvalue weighted by Gasteiger charge is 2.17. The van der Waals surface area contributed by atoms with Gasteiger partial charge in [0.2, 0.25) is 0 Å². The number of benzene rings is 1. The van der Waals surface area contributed by atoms with E-state index in [2.05, 4.69) is 16.9 Å². The summed E-state index contributed by atoms with van der Waals surface area (Å²) >= 11 is 1.72. The van der Waals surface area contributed by atoms with Gasteiger partial charge in [0.05, 0.1) is 16.8 Å². The minimum absolute atomic E-state index is 0.706. The Balaban J connectivity index is 1.75. The molecule has 0 amide bonds. The first-order valence-corrected chi connectivity index (χ1v) is 9.86. The Morgan fingerprint density at radius 2 is 2.04 bits per heavy atom. The van der Waals surface area contributed by atoms with E-state index in [1.54, 1.807) is 11.3 Å². The number of rotatable bonds is 8. The molecule has 0 bridgehead atoms. The maximum atomic E-state index is 5.91. The molecule has 0 spiro atoms. The van der Waals surface area contributed by atoms with Gasteiger partial charge in [0.25, 0.3) is 0 Å². The minimum Gasteiger partial charge on any atom is -0.491 e. The van der Waals surface area contributed by atoms with Crippen molar-refractivity contribution in [3.05, 3.63) is 12.1 Å². The second-order valence-electron chi connectivity index (χ2n) is 6.37. The van der Waals surface area contributed by atoms with E-state index in [0.29, 0.717) is 12.3 Å². The fourth-order valence-electron chi connectivity index (χ4n) is 3.08. The van der Waals surface area contributed by atoms with E-state index in [4.69, 9.17) is 15.3 Å². The predicted octanol–water partition coefficient (Wildman–Crippen LogP) is 4.09. The van der Waals surface area contributed by atoms with E-state index < -0.39 is 0 Å². The fourth-order valence-corrected chi connectivity index (χ4v) is 4.11. The number of anilines is 1. The molecule has 2 N–H and O–H groups in total. The fraction of sp³-hybridized carbons (Fsp3) is 0.611. The lowest BCUT2D eigenvalue weighted by Crippen LogP contribution is -2.29. The summed E-state index contributed by atoms with van der Waals surface area (Å²) < 4.78 is 7.04. The Morgan fingerprint density at radius 1 is 1.21 bits per heavy atom. The first kappa shape index (κ1) is 17.1. The van der Waals surface area contributed by atoms with E-state index in [-0.39, 0.29) is 0 Å². The van der Waals surface area contributed by atoms with Crippen molar-refractivity contribution < 1.29 is 10.3 Å². The van der Waals surface area contributed by atoms with Crippen LogP contribution < -0.4 is 15.2 Å². The van der Waals surface area contributed by atoms with Crippen molar-refractivity contribution in [2.24, 2.45) is 5.11 Å². The number of hydrogen-bond donors (Lipinski definition) is 1. The van der Waals surface area contributed by atoms with Gasteiger partial charge in [0.1, 0.15) is 0 Å². The SMILES string of the molecule is CCCCCCOc1cc2nc(N3CCCCC3)sc2cc1N=[NH2+]. The zero-order valence-corrected chi connectivity index (χ0v) is 15.3. The maximum Gasteiger partial charge on any atom is 0.186 e. The highest BCUT2D eigenvalue weighted by Crippen LogP contribution is 2.37. The lowest BCUT2D eigenvalue weighted by atomic mass is 10.1. The van der Waals surface area contributed by atoms with Crippen molar-refractivity contribution in [3.8, 4) is 5.75 Å². The first-order chi connectivity index (χ1) is 11.8. The smallest absolute Gasteiger partial charge is 0.186 e. The van der Waals surface area contributed by atoms with Crippen LogP contribution in [0.3, 0.4) is 0 Å². The summed E-state index contributed by atoms with van der Waals surface area (Å²) in [5.41, 5.74) is 7.26. The number of ether oxygens (including phenoxy) is 1. The van der Waals surface area contributed by atoms with Gasteiger partial charge in [-0.15, -0.1) is 0 Å². The van der Waals surface area contributed by atoms with Gasteiger partial charge in [0.15, 0.2) is 16.6 Å². The Hall–Kier alpha value is -1.69. The van der Waals surface area contributed by atoms with E-state index in [9.17, 15) is 0 Å². The molecule has 0 radical (unpaired) electrons. The topological polar surface area (TPSA) is 63.3 Å². The van der Waals surface area contributed by atoms with Crippen LogP contribution in [0.25, 0.3) is 10.2 Å². The lowest BCUT2D eigenvalue weighted by molar-refractivity contribution is -0.210. The average molecular weight is 348 g/mol. The molecule has 1 aromatic heterocycles. The van der Waals surface area contributed by atoms with Gasteiger partial charge in [0, 0.05) is 19.2 Å². The third-order valence-electron chi connectivity index (χ3n) is 4.48. The molecule has 1 aliphatic heterocycles. The van der Waals surface area contributed by atoms with Gasteiger partial charge in [-0.2, -0.15) is 5.53 Å². The van der Waals surface area contributed by atoms with Crippen molar-refractivity contribution in [1.82, 2.24) is 4.98 Å². The standard InChI is InChI=1S/C18H26N4OS/c1-2-3-4-8-11-23-16-12-15-17(13-14(16)21-19)24-18(20-15)22-9-6-5-7-10-22/h12-13,19H,2-11H2,1H3/p+1. The maximum absolute atomic E-state index is 5.91. The number of nitrogens with zero attached hydrogens (tertiary/aromatic N) is 3. The van der Waals surface area contributed by atoms with E-state index in [1.807, 2.05) is 12.1 Å². The van der Waals surface area contributed by atoms with Crippen molar-refractivity contribution in [2.75, 3.05) is 24.6 Å². The summed E-state index contributed by atoms with van der Waals surface area (Å²) in [6, 6.07) is 3.99. The zero-order valence-electron chi connectivity index (χ0n) is 14.5. The summed E-state index contributed by atoms with van der Waals surface area (Å²) in [4.78, 5) is 7.20. The van der Waals surface area contributed by atoms with Crippen LogP contribution in [0.15, 0.2) is 17.2 Å². The molecule has 2 aromatic rings. The zero-order chi connectivity index (χ0) is 16.8. The van der Waals surface area contributed by atoms with Crippen LogP contribution >= 0.6 is 11.3 Å². The molecule has 2 heterocycles. The van der Waals surface area contributed by atoms with Crippen LogP contribution in [0.2, 0.25) is 0 Å². The molecular formula is C18H27N4OS+. The van der Waals surface area contributed by atoms with Gasteiger partial charge < -0.3 is 9.64 Å². The summed E-state index contributed by atoms with van der Waals surface area (Å²) in [6.45, 7) is 5.13. The number of fused-ring (bicyclic) bond motifs is 1. The highest BCUT2D eigenvalue weighted by atomic mass is 32.1. The average Bonchev–Trinajstić information content (AvgIpc) is 3.04. The van der Waals surface area contributed by atoms with Gasteiger partial charge in [-0.05, 0) is 36.9 Å². The van der Waals surface area contributed by atoms with Crippen LogP contribution in [0.4, 0.5) is 10.8 Å². The minimum atomic E-state index is 0.706. The molecule has 1 fully saturated rings. The summed E-state index contributed by atoms with van der Waals surface area (Å²) in [6.07, 6.45) is 8.58. The van der Waals surface area contributed by atoms with E-state index >= 15 is 0 Å². The van der Waals surface area contributed by atoms with Crippen LogP contribution in [-0.2, 0) is 0 Å². The van der Waals surface area contributed by atoms with Crippen LogP contribution in [0, 0.1) is 0 Å². The van der Waals surface area contributed by atoms with Gasteiger partial charge >= 0.3 is 0 Å². The number of hydrogen-bond acceptors (Lipinski definition) is 5. The van der Waals surface area contributed by atoms with Gasteiger partial charge in [-0.25, -0.2) is 4.98 Å². The second-order valence-corrected chi connectivity index (χ2v) is 7.38. The Bertz CT molecular complexity index is 679. The van der Waals surface area contributed by atoms with Gasteiger partial charge in [-0.3, -0.25) is 0 Å². The van der Waals surface area contributed by atoms with Crippen molar-refractivity contribution in [1.29, 1.82) is 0 Å². The monoisotopic (exact) mass is 347 g/mol. The van der Waals surface area contributed by atoms with Crippen molar-refractivity contribution >= 4 is 32.4 Å². The molecular weight excluding hydrogens is 320 g/mol. The third kappa shape index (κ3) is 4.04. The molecule has 0 saturated carbocycles. The molecule has 0 unspecified atom stereocenters. The summed E-state index contributed by atoms with van der Waals surface area (Å²) in [5.74, 6) is 0.747. The highest BCUT2D eigenvalue weighted by molar-refractivity contribution is 7.22. The summed E-state index contributed by atoms with van der Waals surface area (Å²) in [7, 11) is 0. The Labute approximate surface area is 147 Å². The van der Waals surface area contributed by atoms with Crippen LogP contribution in [-0.4, -0.2) is 24.7 Å². The first-order valence-electron chi connectivity index (χ1n) is 9.05. The summed E-state index contributed by atoms with van der Waals surface area (Å²) in [5, 5.41) is 5.00. The molecule has 0 atom stereocenters. The van der Waals surface area contributed by atoms with Crippen LogP contribution in [0.1, 0.15) is 51.9 Å².